The molecule has 13 nitrogen and oxygen atoms in total. The Morgan fingerprint density at radius 2 is 1.38 bits per heavy atom. The number of aliphatic imine (C=N–C) groups is 1. The van der Waals surface area contributed by atoms with E-state index in [2.05, 4.69) is 20.9 Å². The van der Waals surface area contributed by atoms with Crippen molar-refractivity contribution < 1.29 is 29.4 Å². The molecule has 0 aromatic heterocycles. The van der Waals surface area contributed by atoms with Gasteiger partial charge in [0.2, 0.25) is 17.7 Å². The molecule has 0 aromatic rings. The zero-order valence-electron chi connectivity index (χ0n) is 20.6. The van der Waals surface area contributed by atoms with Crippen molar-refractivity contribution in [3.63, 3.8) is 0 Å². The predicted molar refractivity (Wildman–Crippen MR) is 127 cm³/mol. The van der Waals surface area contributed by atoms with Gasteiger partial charge in [0.25, 0.3) is 0 Å². The van der Waals surface area contributed by atoms with E-state index in [1.807, 2.05) is 0 Å². The number of amides is 3. The molecule has 6 unspecified atom stereocenters. The van der Waals surface area contributed by atoms with Crippen LogP contribution in [0.15, 0.2) is 4.99 Å². The molecule has 0 aliphatic carbocycles. The van der Waals surface area contributed by atoms with Crippen molar-refractivity contribution in [3.05, 3.63) is 0 Å². The fraction of sp³-hybridized carbons (Fsp3) is 0.762. The summed E-state index contributed by atoms with van der Waals surface area (Å²) in [5, 5.41) is 26.9. The van der Waals surface area contributed by atoms with E-state index < -0.39 is 59.9 Å². The van der Waals surface area contributed by atoms with Gasteiger partial charge in [-0.3, -0.25) is 19.4 Å². The minimum Gasteiger partial charge on any atom is -0.480 e. The van der Waals surface area contributed by atoms with E-state index in [1.54, 1.807) is 27.7 Å². The molecule has 0 saturated carbocycles. The second kappa shape index (κ2) is 15.1. The maximum atomic E-state index is 12.8. The van der Waals surface area contributed by atoms with Crippen LogP contribution in [0.2, 0.25) is 0 Å². The highest BCUT2D eigenvalue weighted by Gasteiger charge is 2.34. The minimum absolute atomic E-state index is 0.0774. The Morgan fingerprint density at radius 3 is 1.82 bits per heavy atom. The Morgan fingerprint density at radius 1 is 0.882 bits per heavy atom. The quantitative estimate of drug-likeness (QED) is 0.0722. The van der Waals surface area contributed by atoms with Crippen LogP contribution in [0.25, 0.3) is 0 Å². The summed E-state index contributed by atoms with van der Waals surface area (Å²) in [7, 11) is 0. The number of nitrogens with zero attached hydrogens (tertiary/aromatic N) is 1. The van der Waals surface area contributed by atoms with Gasteiger partial charge in [-0.05, 0) is 31.6 Å². The van der Waals surface area contributed by atoms with Crippen LogP contribution in [-0.2, 0) is 19.2 Å². The average molecular weight is 488 g/mol. The number of hydrogen-bond donors (Lipinski definition) is 8. The summed E-state index contributed by atoms with van der Waals surface area (Å²) in [6.07, 6.45) is -0.104. The summed E-state index contributed by atoms with van der Waals surface area (Å²) in [5.41, 5.74) is 16.3. The number of hydrogen-bond acceptors (Lipinski definition) is 7. The van der Waals surface area contributed by atoms with Gasteiger partial charge in [0, 0.05) is 6.54 Å². The van der Waals surface area contributed by atoms with Gasteiger partial charge in [0.1, 0.15) is 18.1 Å². The third-order valence-corrected chi connectivity index (χ3v) is 5.39. The van der Waals surface area contributed by atoms with Gasteiger partial charge in [-0.15, -0.1) is 0 Å². The number of aliphatic hydroxyl groups excluding tert-OH is 1. The van der Waals surface area contributed by atoms with Crippen LogP contribution in [0.3, 0.4) is 0 Å². The molecular formula is C21H41N7O6. The molecule has 0 aromatic carbocycles. The first-order chi connectivity index (χ1) is 15.7. The fourth-order valence-corrected chi connectivity index (χ4v) is 3.02. The lowest BCUT2D eigenvalue weighted by Crippen LogP contribution is -2.61. The number of nitrogens with two attached hydrogens (primary N) is 3. The highest BCUT2D eigenvalue weighted by molar-refractivity contribution is 5.94. The number of carbonyl (C=O) groups is 4. The van der Waals surface area contributed by atoms with Crippen molar-refractivity contribution in [2.75, 3.05) is 6.54 Å². The molecule has 34 heavy (non-hydrogen) atoms. The van der Waals surface area contributed by atoms with Crippen LogP contribution < -0.4 is 33.2 Å². The standard InChI is InChI=1S/C21H41N7O6/c1-6-11(4)15(20(33)34)27-18(31)14(10(2)3)26-19(32)16(12(5)29)28-17(30)13(22)8-7-9-25-21(23)24/h10-16,29H,6-9,22H2,1-5H3,(H,26,32)(H,27,31)(H,28,30)(H,33,34)(H4,23,24,25). The number of rotatable bonds is 15. The van der Waals surface area contributed by atoms with Crippen LogP contribution in [0.1, 0.15) is 53.9 Å². The molecule has 0 aliphatic heterocycles. The molecule has 0 spiro atoms. The third kappa shape index (κ3) is 10.8. The van der Waals surface area contributed by atoms with Gasteiger partial charge < -0.3 is 43.4 Å². The maximum Gasteiger partial charge on any atom is 0.326 e. The summed E-state index contributed by atoms with van der Waals surface area (Å²) in [4.78, 5) is 53.4. The van der Waals surface area contributed by atoms with Gasteiger partial charge in [0.05, 0.1) is 12.1 Å². The lowest BCUT2D eigenvalue weighted by atomic mass is 9.97. The number of carboxylic acid groups (broad SMARTS) is 1. The molecule has 0 bridgehead atoms. The number of nitrogens with one attached hydrogen (secondary N) is 3. The second-order valence-electron chi connectivity index (χ2n) is 8.72. The molecule has 0 aliphatic rings. The summed E-state index contributed by atoms with van der Waals surface area (Å²) >= 11 is 0. The SMILES string of the molecule is CCC(C)C(NC(=O)C(NC(=O)C(NC(=O)C(N)CCCN=C(N)N)C(C)O)C(C)C)C(=O)O. The van der Waals surface area contributed by atoms with Gasteiger partial charge in [-0.2, -0.15) is 0 Å². The maximum absolute atomic E-state index is 12.8. The number of aliphatic hydroxyl groups is 1. The van der Waals surface area contributed by atoms with Gasteiger partial charge in [0.15, 0.2) is 5.96 Å². The molecule has 0 fully saturated rings. The van der Waals surface area contributed by atoms with Crippen LogP contribution in [0, 0.1) is 11.8 Å². The van der Waals surface area contributed by atoms with E-state index >= 15 is 0 Å². The normalized spacial score (nSPS) is 16.4. The zero-order valence-corrected chi connectivity index (χ0v) is 20.6. The summed E-state index contributed by atoms with van der Waals surface area (Å²) in [5.74, 6) is -4.14. The molecule has 3 amide bonds. The molecule has 11 N–H and O–H groups in total. The Kier molecular flexibility index (Phi) is 13.8. The van der Waals surface area contributed by atoms with E-state index in [9.17, 15) is 29.4 Å². The smallest absolute Gasteiger partial charge is 0.326 e. The van der Waals surface area contributed by atoms with E-state index in [4.69, 9.17) is 17.2 Å². The Bertz CT molecular complexity index is 724. The molecule has 0 heterocycles. The van der Waals surface area contributed by atoms with Crippen LogP contribution in [0.5, 0.6) is 0 Å². The Balaban J connectivity index is 5.27. The second-order valence-corrected chi connectivity index (χ2v) is 8.72. The van der Waals surface area contributed by atoms with E-state index in [0.717, 1.165) is 0 Å². The number of aliphatic carboxylic acids is 1. The van der Waals surface area contributed by atoms with Crippen molar-refractivity contribution in [2.24, 2.45) is 34.0 Å². The molecule has 6 atom stereocenters. The summed E-state index contributed by atoms with van der Waals surface area (Å²) in [6.45, 7) is 8.43. The first-order valence-corrected chi connectivity index (χ1v) is 11.4. The number of carbonyl (C=O) groups excluding carboxylic acids is 3. The number of guanidine groups is 1. The van der Waals surface area contributed by atoms with E-state index in [-0.39, 0.29) is 24.8 Å². The van der Waals surface area contributed by atoms with Crippen LogP contribution in [0.4, 0.5) is 0 Å². The van der Waals surface area contributed by atoms with Gasteiger partial charge in [-0.1, -0.05) is 34.1 Å². The fourth-order valence-electron chi connectivity index (χ4n) is 3.02. The van der Waals surface area contributed by atoms with Crippen molar-refractivity contribution in [1.29, 1.82) is 0 Å². The minimum atomic E-state index is -1.38. The van der Waals surface area contributed by atoms with Gasteiger partial charge >= 0.3 is 5.97 Å². The highest BCUT2D eigenvalue weighted by Crippen LogP contribution is 2.10. The first-order valence-electron chi connectivity index (χ1n) is 11.4. The first kappa shape index (κ1) is 31.1. The molecule has 0 saturated heterocycles. The largest absolute Gasteiger partial charge is 0.480 e. The van der Waals surface area contributed by atoms with Crippen molar-refractivity contribution in [2.45, 2.75) is 84.2 Å². The lowest BCUT2D eigenvalue weighted by molar-refractivity contribution is -0.144. The Labute approximate surface area is 200 Å². The summed E-state index contributed by atoms with van der Waals surface area (Å²) in [6, 6.07) is -4.57. The van der Waals surface area contributed by atoms with Gasteiger partial charge in [-0.25, -0.2) is 4.79 Å². The third-order valence-electron chi connectivity index (χ3n) is 5.39. The monoisotopic (exact) mass is 487 g/mol. The Hall–Kier alpha value is -2.93. The van der Waals surface area contributed by atoms with E-state index in [1.165, 1.54) is 6.92 Å². The van der Waals surface area contributed by atoms with Crippen LogP contribution in [-0.4, -0.2) is 76.7 Å². The number of carboxylic acids is 1. The van der Waals surface area contributed by atoms with Crippen molar-refractivity contribution in [1.82, 2.24) is 16.0 Å². The lowest BCUT2D eigenvalue weighted by Gasteiger charge is -2.29. The molecule has 0 rings (SSSR count). The highest BCUT2D eigenvalue weighted by atomic mass is 16.4. The van der Waals surface area contributed by atoms with Crippen molar-refractivity contribution >= 4 is 29.7 Å². The molecule has 196 valence electrons. The van der Waals surface area contributed by atoms with Crippen molar-refractivity contribution in [3.8, 4) is 0 Å². The predicted octanol–water partition coefficient (Wildman–Crippen LogP) is -2.01. The molecular weight excluding hydrogens is 446 g/mol. The molecule has 13 heteroatoms. The summed E-state index contributed by atoms with van der Waals surface area (Å²) < 4.78 is 0. The van der Waals surface area contributed by atoms with Crippen LogP contribution >= 0.6 is 0 Å². The van der Waals surface area contributed by atoms with E-state index in [0.29, 0.717) is 12.8 Å². The molecule has 0 radical (unpaired) electrons. The topological polar surface area (TPSA) is 235 Å². The average Bonchev–Trinajstić information content (AvgIpc) is 2.74. The zero-order chi connectivity index (χ0) is 26.6.